The van der Waals surface area contributed by atoms with Gasteiger partial charge in [0.05, 0.1) is 0 Å². The van der Waals surface area contributed by atoms with Gasteiger partial charge >= 0.3 is 0 Å². The molecular formula is C16H13Br2Cl2. The van der Waals surface area contributed by atoms with Crippen LogP contribution in [0.15, 0.2) is 45.3 Å². The van der Waals surface area contributed by atoms with E-state index in [1.807, 2.05) is 18.2 Å². The van der Waals surface area contributed by atoms with Crippen LogP contribution in [0.2, 0.25) is 10.0 Å². The Balaban J connectivity index is 2.34. The predicted molar refractivity (Wildman–Crippen MR) is 94.7 cm³/mol. The van der Waals surface area contributed by atoms with Gasteiger partial charge in [-0.2, -0.15) is 0 Å². The molecule has 2 aromatic rings. The average Bonchev–Trinajstić information content (AvgIpc) is 2.37. The predicted octanol–water partition coefficient (Wildman–Crippen LogP) is 7.26. The maximum Gasteiger partial charge on any atom is 0.0458 e. The van der Waals surface area contributed by atoms with Crippen molar-refractivity contribution in [2.45, 2.75) is 19.8 Å². The van der Waals surface area contributed by atoms with E-state index in [4.69, 9.17) is 23.2 Å². The van der Waals surface area contributed by atoms with Crippen LogP contribution in [0.1, 0.15) is 30.9 Å². The fourth-order valence-electron chi connectivity index (χ4n) is 2.13. The molecule has 20 heavy (non-hydrogen) atoms. The smallest absolute Gasteiger partial charge is 0.0458 e. The summed E-state index contributed by atoms with van der Waals surface area (Å²) in [7, 11) is 0. The van der Waals surface area contributed by atoms with Crippen molar-refractivity contribution in [1.82, 2.24) is 0 Å². The van der Waals surface area contributed by atoms with Crippen molar-refractivity contribution in [1.29, 1.82) is 0 Å². The van der Waals surface area contributed by atoms with Gasteiger partial charge in [-0.25, -0.2) is 0 Å². The molecule has 0 bridgehead atoms. The van der Waals surface area contributed by atoms with Gasteiger partial charge in [0.2, 0.25) is 0 Å². The Morgan fingerprint density at radius 3 is 2.35 bits per heavy atom. The Labute approximate surface area is 146 Å². The molecule has 0 heterocycles. The molecule has 0 fully saturated rings. The molecule has 2 rings (SSSR count). The van der Waals surface area contributed by atoms with E-state index in [2.05, 4.69) is 57.8 Å². The van der Waals surface area contributed by atoms with E-state index in [1.54, 1.807) is 6.07 Å². The summed E-state index contributed by atoms with van der Waals surface area (Å²) in [6.07, 6.45) is 0. The number of rotatable bonds is 3. The van der Waals surface area contributed by atoms with Crippen LogP contribution in [0.25, 0.3) is 0 Å². The Bertz CT molecular complexity index is 570. The van der Waals surface area contributed by atoms with Gasteiger partial charge < -0.3 is 0 Å². The van der Waals surface area contributed by atoms with Crippen LogP contribution in [-0.4, -0.2) is 0 Å². The zero-order valence-electron chi connectivity index (χ0n) is 11.1. The minimum Gasteiger partial charge on any atom is -0.0843 e. The maximum absolute atomic E-state index is 6.30. The molecule has 2 aromatic carbocycles. The quantitative estimate of drug-likeness (QED) is 0.475. The second-order valence-electron chi connectivity index (χ2n) is 4.69. The monoisotopic (exact) mass is 433 g/mol. The van der Waals surface area contributed by atoms with Crippen LogP contribution >= 0.6 is 55.1 Å². The molecule has 0 N–H and O–H groups in total. The van der Waals surface area contributed by atoms with Crippen molar-refractivity contribution in [3.8, 4) is 0 Å². The Morgan fingerprint density at radius 1 is 1.05 bits per heavy atom. The number of benzene rings is 2. The summed E-state index contributed by atoms with van der Waals surface area (Å²) in [6, 6.07) is 11.9. The molecule has 0 nitrogen and oxygen atoms in total. The first kappa shape index (κ1) is 16.4. The molecule has 1 unspecified atom stereocenters. The lowest BCUT2D eigenvalue weighted by Gasteiger charge is -2.22. The van der Waals surface area contributed by atoms with Gasteiger partial charge in [-0.05, 0) is 41.3 Å². The number of hydrogen-bond donors (Lipinski definition) is 0. The van der Waals surface area contributed by atoms with Gasteiger partial charge in [0.1, 0.15) is 0 Å². The van der Waals surface area contributed by atoms with Crippen LogP contribution in [0, 0.1) is 5.92 Å². The van der Waals surface area contributed by atoms with Crippen LogP contribution < -0.4 is 0 Å². The van der Waals surface area contributed by atoms with E-state index < -0.39 is 0 Å². The third-order valence-electron chi connectivity index (χ3n) is 3.43. The second-order valence-corrected chi connectivity index (χ2v) is 7.31. The van der Waals surface area contributed by atoms with Gasteiger partial charge in [0.25, 0.3) is 0 Å². The highest BCUT2D eigenvalue weighted by atomic mass is 79.9. The summed E-state index contributed by atoms with van der Waals surface area (Å²) in [5.74, 6) is 1.48. The molecule has 0 saturated heterocycles. The third kappa shape index (κ3) is 3.59. The van der Waals surface area contributed by atoms with Crippen molar-refractivity contribution < 1.29 is 0 Å². The first-order valence-corrected chi connectivity index (χ1v) is 8.48. The lowest BCUT2D eigenvalue weighted by atomic mass is 9.84. The molecule has 1 atom stereocenters. The molecule has 0 saturated carbocycles. The number of hydrogen-bond acceptors (Lipinski definition) is 0. The fraction of sp³-hybridized carbons (Fsp3) is 0.188. The van der Waals surface area contributed by atoms with E-state index in [-0.39, 0.29) is 5.92 Å². The van der Waals surface area contributed by atoms with E-state index in [0.29, 0.717) is 10.0 Å². The normalized spacial score (nSPS) is 12.8. The zero-order valence-corrected chi connectivity index (χ0v) is 15.7. The minimum atomic E-state index is 0.260. The zero-order chi connectivity index (χ0) is 14.9. The molecule has 4 heteroatoms. The van der Waals surface area contributed by atoms with Gasteiger partial charge in [-0.3, -0.25) is 0 Å². The first-order chi connectivity index (χ1) is 9.40. The SMILES string of the molecule is C[C](c1ccc(Cl)cc1Cl)C(C)c1ccc(Br)cc1Br. The topological polar surface area (TPSA) is 0 Å². The maximum atomic E-state index is 6.30. The Morgan fingerprint density at radius 2 is 1.75 bits per heavy atom. The van der Waals surface area contributed by atoms with E-state index >= 15 is 0 Å². The molecule has 0 aromatic heterocycles. The van der Waals surface area contributed by atoms with E-state index in [0.717, 1.165) is 14.5 Å². The molecule has 1 radical (unpaired) electrons. The van der Waals surface area contributed by atoms with Crippen molar-refractivity contribution in [2.75, 3.05) is 0 Å². The summed E-state index contributed by atoms with van der Waals surface area (Å²) in [4.78, 5) is 0. The van der Waals surface area contributed by atoms with Crippen molar-refractivity contribution in [3.05, 3.63) is 72.4 Å². The van der Waals surface area contributed by atoms with E-state index in [1.165, 1.54) is 11.5 Å². The number of halogens is 4. The van der Waals surface area contributed by atoms with Gasteiger partial charge in [-0.1, -0.05) is 81.0 Å². The molecule has 105 valence electrons. The summed E-state index contributed by atoms with van der Waals surface area (Å²) in [5.41, 5.74) is 2.27. The molecule has 0 aliphatic rings. The fourth-order valence-corrected chi connectivity index (χ4v) is 4.08. The van der Waals surface area contributed by atoms with Crippen molar-refractivity contribution in [2.24, 2.45) is 0 Å². The molecule has 0 aliphatic heterocycles. The lowest BCUT2D eigenvalue weighted by Crippen LogP contribution is -2.07. The van der Waals surface area contributed by atoms with Gasteiger partial charge in [0, 0.05) is 24.9 Å². The van der Waals surface area contributed by atoms with Crippen LogP contribution in [0.4, 0.5) is 0 Å². The van der Waals surface area contributed by atoms with Crippen LogP contribution in [-0.2, 0) is 0 Å². The van der Waals surface area contributed by atoms with Gasteiger partial charge in [-0.15, -0.1) is 0 Å². The Kier molecular flexibility index (Phi) is 5.58. The highest BCUT2D eigenvalue weighted by Gasteiger charge is 2.21. The standard InChI is InChI=1S/C16H13Br2Cl2/c1-9(13-5-3-11(17)7-15(13)18)10(2)14-6-4-12(19)8-16(14)20/h3-9H,1-2H3. The van der Waals surface area contributed by atoms with Crippen molar-refractivity contribution in [3.63, 3.8) is 0 Å². The summed E-state index contributed by atoms with van der Waals surface area (Å²) < 4.78 is 2.14. The van der Waals surface area contributed by atoms with Crippen molar-refractivity contribution >= 4 is 55.1 Å². The second kappa shape index (κ2) is 6.83. The van der Waals surface area contributed by atoms with E-state index in [9.17, 15) is 0 Å². The highest BCUT2D eigenvalue weighted by molar-refractivity contribution is 9.11. The molecule has 0 aliphatic carbocycles. The molecule has 0 spiro atoms. The minimum absolute atomic E-state index is 0.260. The first-order valence-electron chi connectivity index (χ1n) is 6.14. The Hall–Kier alpha value is -0.0200. The summed E-state index contributed by atoms with van der Waals surface area (Å²) in [6.45, 7) is 4.28. The van der Waals surface area contributed by atoms with Gasteiger partial charge in [0.15, 0.2) is 0 Å². The average molecular weight is 436 g/mol. The summed E-state index contributed by atoms with van der Waals surface area (Å²) in [5, 5.41) is 1.35. The third-order valence-corrected chi connectivity index (χ3v) is 5.16. The van der Waals surface area contributed by atoms with Crippen LogP contribution in [0.3, 0.4) is 0 Å². The summed E-state index contributed by atoms with van der Waals surface area (Å²) >= 11 is 19.3. The lowest BCUT2D eigenvalue weighted by molar-refractivity contribution is 0.795. The molecular weight excluding hydrogens is 423 g/mol. The molecule has 0 amide bonds. The largest absolute Gasteiger partial charge is 0.0843 e. The van der Waals surface area contributed by atoms with Crippen LogP contribution in [0.5, 0.6) is 0 Å². The highest BCUT2D eigenvalue weighted by Crippen LogP contribution is 2.39.